The van der Waals surface area contributed by atoms with Crippen molar-refractivity contribution in [2.45, 2.75) is 37.9 Å². The molecule has 2 amide bonds. The highest BCUT2D eigenvalue weighted by Crippen LogP contribution is 2.25. The number of aryl methyl sites for hydroxylation is 1. The van der Waals surface area contributed by atoms with Crippen LogP contribution in [0.25, 0.3) is 0 Å². The molecule has 1 N–H and O–H groups in total. The summed E-state index contributed by atoms with van der Waals surface area (Å²) in [7, 11) is 0. The summed E-state index contributed by atoms with van der Waals surface area (Å²) < 4.78 is 37.4. The van der Waals surface area contributed by atoms with E-state index in [-0.39, 0.29) is 13.0 Å². The number of carbonyl (C=O) groups is 2. The van der Waals surface area contributed by atoms with E-state index in [2.05, 4.69) is 11.4 Å². The van der Waals surface area contributed by atoms with E-state index in [0.717, 1.165) is 5.56 Å². The van der Waals surface area contributed by atoms with Crippen molar-refractivity contribution in [3.05, 3.63) is 35.9 Å². The van der Waals surface area contributed by atoms with Gasteiger partial charge in [-0.15, -0.1) is 0 Å². The lowest BCUT2D eigenvalue weighted by Crippen LogP contribution is -2.48. The lowest BCUT2D eigenvalue weighted by atomic mass is 9.93. The fraction of sp³-hybridized carbons (Fsp3) is 0.500. The Bertz CT molecular complexity index is 700. The van der Waals surface area contributed by atoms with E-state index >= 15 is 0 Å². The lowest BCUT2D eigenvalue weighted by molar-refractivity contribution is -0.157. The van der Waals surface area contributed by atoms with E-state index in [9.17, 15) is 28.0 Å². The van der Waals surface area contributed by atoms with E-state index in [1.165, 1.54) is 0 Å². The number of hydrogen-bond acceptors (Lipinski definition) is 3. The molecule has 0 radical (unpaired) electrons. The maximum Gasteiger partial charge on any atom is 0.406 e. The molecule has 0 unspecified atom stereocenters. The van der Waals surface area contributed by atoms with E-state index < -0.39 is 36.0 Å². The Morgan fingerprint density at radius 1 is 1.35 bits per heavy atom. The minimum absolute atomic E-state index is 0.276. The minimum Gasteiger partial charge on any atom is -0.338 e. The number of carbonyl (C=O) groups excluding carboxylic acids is 2. The molecule has 1 aromatic carbocycles. The zero-order valence-electron chi connectivity index (χ0n) is 14.3. The monoisotopic (exact) mass is 367 g/mol. The minimum atomic E-state index is -4.50. The number of nitriles is 1. The molecule has 2 atom stereocenters. The SMILES string of the molecule is C[C@@](C#N)(CCc1ccccc1)NC(=O)[C@@H]1CC(=O)N(CC(F)(F)F)C1. The second-order valence-corrected chi connectivity index (χ2v) is 6.71. The van der Waals surface area contributed by atoms with Crippen LogP contribution in [-0.2, 0) is 16.0 Å². The molecule has 26 heavy (non-hydrogen) atoms. The number of hydrogen-bond donors (Lipinski definition) is 1. The van der Waals surface area contributed by atoms with Gasteiger partial charge in [-0.3, -0.25) is 9.59 Å². The van der Waals surface area contributed by atoms with Crippen LogP contribution in [0.15, 0.2) is 30.3 Å². The maximum absolute atomic E-state index is 12.5. The van der Waals surface area contributed by atoms with Crippen LogP contribution in [-0.4, -0.2) is 41.5 Å². The Morgan fingerprint density at radius 2 is 2.00 bits per heavy atom. The third-order valence-corrected chi connectivity index (χ3v) is 4.36. The molecule has 1 saturated heterocycles. The molecular formula is C18H20F3N3O2. The molecule has 0 spiro atoms. The summed E-state index contributed by atoms with van der Waals surface area (Å²) in [5.74, 6) is -2.15. The number of halogens is 3. The first-order chi connectivity index (χ1) is 12.1. The van der Waals surface area contributed by atoms with Crippen molar-refractivity contribution in [1.29, 1.82) is 5.26 Å². The van der Waals surface area contributed by atoms with Gasteiger partial charge in [-0.25, -0.2) is 0 Å². The zero-order valence-corrected chi connectivity index (χ0v) is 14.3. The van der Waals surface area contributed by atoms with Crippen LogP contribution < -0.4 is 5.32 Å². The summed E-state index contributed by atoms with van der Waals surface area (Å²) >= 11 is 0. The first-order valence-corrected chi connectivity index (χ1v) is 8.23. The van der Waals surface area contributed by atoms with E-state index in [1.54, 1.807) is 6.92 Å². The predicted octanol–water partition coefficient (Wildman–Crippen LogP) is 2.43. The molecule has 1 aliphatic rings. The zero-order chi connectivity index (χ0) is 19.4. The van der Waals surface area contributed by atoms with Crippen molar-refractivity contribution in [2.75, 3.05) is 13.1 Å². The van der Waals surface area contributed by atoms with Gasteiger partial charge in [-0.05, 0) is 25.3 Å². The number of likely N-dealkylation sites (tertiary alicyclic amines) is 1. The molecule has 0 aliphatic carbocycles. The average Bonchev–Trinajstić information content (AvgIpc) is 2.93. The van der Waals surface area contributed by atoms with Gasteiger partial charge < -0.3 is 10.2 Å². The van der Waals surface area contributed by atoms with Crippen molar-refractivity contribution in [1.82, 2.24) is 10.2 Å². The highest BCUT2D eigenvalue weighted by atomic mass is 19.4. The lowest BCUT2D eigenvalue weighted by Gasteiger charge is -2.25. The first kappa shape index (κ1) is 19.8. The summed E-state index contributed by atoms with van der Waals surface area (Å²) in [6.45, 7) is -0.0817. The van der Waals surface area contributed by atoms with Gasteiger partial charge in [0.15, 0.2) is 0 Å². The molecule has 1 fully saturated rings. The Hall–Kier alpha value is -2.56. The molecule has 8 heteroatoms. The number of alkyl halides is 3. The average molecular weight is 367 g/mol. The largest absolute Gasteiger partial charge is 0.406 e. The summed E-state index contributed by atoms with van der Waals surface area (Å²) in [6.07, 6.45) is -3.86. The highest BCUT2D eigenvalue weighted by Gasteiger charge is 2.41. The van der Waals surface area contributed by atoms with Crippen LogP contribution in [0.4, 0.5) is 13.2 Å². The molecule has 2 rings (SSSR count). The normalized spacial score (nSPS) is 19.7. The predicted molar refractivity (Wildman–Crippen MR) is 87.7 cm³/mol. The smallest absolute Gasteiger partial charge is 0.338 e. The Labute approximate surface area is 149 Å². The van der Waals surface area contributed by atoms with Crippen LogP contribution >= 0.6 is 0 Å². The number of benzene rings is 1. The van der Waals surface area contributed by atoms with Gasteiger partial charge in [0.2, 0.25) is 11.8 Å². The molecule has 1 aromatic rings. The second-order valence-electron chi connectivity index (χ2n) is 6.71. The van der Waals surface area contributed by atoms with Crippen LogP contribution in [0.2, 0.25) is 0 Å². The summed E-state index contributed by atoms with van der Waals surface area (Å²) in [5.41, 5.74) is -0.149. The Morgan fingerprint density at radius 3 is 2.58 bits per heavy atom. The topological polar surface area (TPSA) is 73.2 Å². The molecular weight excluding hydrogens is 347 g/mol. The fourth-order valence-electron chi connectivity index (χ4n) is 2.88. The first-order valence-electron chi connectivity index (χ1n) is 8.23. The van der Waals surface area contributed by atoms with E-state index in [4.69, 9.17) is 0 Å². The summed E-state index contributed by atoms with van der Waals surface area (Å²) in [6, 6.07) is 11.5. The molecule has 5 nitrogen and oxygen atoms in total. The van der Waals surface area contributed by atoms with Gasteiger partial charge in [-0.1, -0.05) is 30.3 Å². The summed E-state index contributed by atoms with van der Waals surface area (Å²) in [5, 5.41) is 12.0. The van der Waals surface area contributed by atoms with Crippen molar-refractivity contribution < 1.29 is 22.8 Å². The van der Waals surface area contributed by atoms with Crippen molar-refractivity contribution in [3.8, 4) is 6.07 Å². The number of nitrogens with zero attached hydrogens (tertiary/aromatic N) is 2. The van der Waals surface area contributed by atoms with Crippen LogP contribution in [0.1, 0.15) is 25.3 Å². The third kappa shape index (κ3) is 5.48. The molecule has 0 saturated carbocycles. The van der Waals surface area contributed by atoms with Gasteiger partial charge >= 0.3 is 6.18 Å². The summed E-state index contributed by atoms with van der Waals surface area (Å²) in [4.78, 5) is 24.7. The molecule has 1 aliphatic heterocycles. The van der Waals surface area contributed by atoms with Crippen molar-refractivity contribution in [2.24, 2.45) is 5.92 Å². The highest BCUT2D eigenvalue weighted by molar-refractivity contribution is 5.89. The van der Waals surface area contributed by atoms with Gasteiger partial charge in [0.25, 0.3) is 0 Å². The maximum atomic E-state index is 12.5. The van der Waals surface area contributed by atoms with Gasteiger partial charge in [-0.2, -0.15) is 18.4 Å². The third-order valence-electron chi connectivity index (χ3n) is 4.36. The van der Waals surface area contributed by atoms with Gasteiger partial charge in [0.1, 0.15) is 12.1 Å². The number of amides is 2. The van der Waals surface area contributed by atoms with Crippen LogP contribution in [0.3, 0.4) is 0 Å². The van der Waals surface area contributed by atoms with Crippen molar-refractivity contribution in [3.63, 3.8) is 0 Å². The fourth-order valence-corrected chi connectivity index (χ4v) is 2.88. The van der Waals surface area contributed by atoms with Gasteiger partial charge in [0, 0.05) is 13.0 Å². The molecule has 140 valence electrons. The van der Waals surface area contributed by atoms with E-state index in [1.807, 2.05) is 30.3 Å². The Balaban J connectivity index is 1.94. The standard InChI is InChI=1S/C18H20F3N3O2/c1-17(11-22,8-7-13-5-3-2-4-6-13)23-16(26)14-9-15(25)24(10-14)12-18(19,20)21/h2-6,14H,7-10,12H2,1H3,(H,23,26)/t14-,17+/m1/s1. The number of nitrogens with one attached hydrogen (secondary N) is 1. The van der Waals surface area contributed by atoms with Crippen LogP contribution in [0, 0.1) is 17.2 Å². The second kappa shape index (κ2) is 7.77. The number of rotatable bonds is 6. The molecule has 0 bridgehead atoms. The van der Waals surface area contributed by atoms with E-state index in [0.29, 0.717) is 17.7 Å². The molecule has 1 heterocycles. The van der Waals surface area contributed by atoms with Gasteiger partial charge in [0.05, 0.1) is 12.0 Å². The van der Waals surface area contributed by atoms with Crippen LogP contribution in [0.5, 0.6) is 0 Å². The quantitative estimate of drug-likeness (QED) is 0.839. The Kier molecular flexibility index (Phi) is 5.90. The van der Waals surface area contributed by atoms with Crippen molar-refractivity contribution >= 4 is 11.8 Å². The molecule has 0 aromatic heterocycles.